The van der Waals surface area contributed by atoms with Crippen molar-refractivity contribution in [1.82, 2.24) is 0 Å². The first kappa shape index (κ1) is 32.2. The first-order valence-electron chi connectivity index (χ1n) is 19.4. The van der Waals surface area contributed by atoms with Gasteiger partial charge in [-0.2, -0.15) is 0 Å². The summed E-state index contributed by atoms with van der Waals surface area (Å²) in [6.45, 7) is 0. The van der Waals surface area contributed by atoms with Crippen molar-refractivity contribution in [1.29, 1.82) is 0 Å². The molecule has 0 aliphatic rings. The van der Waals surface area contributed by atoms with Gasteiger partial charge in [-0.15, -0.1) is 0 Å². The fourth-order valence-corrected chi connectivity index (χ4v) is 8.99. The molecule has 0 fully saturated rings. The molecule has 0 bridgehead atoms. The molecular formula is C56H36. The van der Waals surface area contributed by atoms with E-state index in [1.807, 2.05) is 0 Å². The first-order valence-corrected chi connectivity index (χ1v) is 19.4. The molecular weight excluding hydrogens is 673 g/mol. The van der Waals surface area contributed by atoms with Gasteiger partial charge in [0.25, 0.3) is 0 Å². The second-order valence-corrected chi connectivity index (χ2v) is 14.8. The number of hydrogen-bond donors (Lipinski definition) is 0. The monoisotopic (exact) mass is 708 g/mol. The molecule has 0 N–H and O–H groups in total. The van der Waals surface area contributed by atoms with Crippen molar-refractivity contribution < 1.29 is 0 Å². The van der Waals surface area contributed by atoms with Gasteiger partial charge in [0.15, 0.2) is 0 Å². The highest BCUT2D eigenvalue weighted by atomic mass is 14.2. The standard InChI is InChI=1S/C56H36/c1-2-14-37(15-3-1)42-30-31-53-54(36-42)56(52-25-11-10-24-51(52)55(53)43-29-28-38-16-4-5-19-41(38)32-43)46-34-44(49-26-12-20-39-17-6-8-22-47(39)49)33-45(35-46)50-27-13-21-40-18-7-9-23-48(40)50/h1-36H. The van der Waals surface area contributed by atoms with Gasteiger partial charge < -0.3 is 0 Å². The zero-order valence-electron chi connectivity index (χ0n) is 30.8. The van der Waals surface area contributed by atoms with Crippen LogP contribution in [0.5, 0.6) is 0 Å². The SMILES string of the molecule is c1ccc(-c2ccc3c(-c4ccc5ccccc5c4)c4ccccc4c(-c4cc(-c5cccc6ccccc56)cc(-c5cccc6ccccc56)c4)c3c2)cc1. The molecule has 0 atom stereocenters. The average molecular weight is 709 g/mol. The molecule has 11 aromatic carbocycles. The van der Waals surface area contributed by atoms with E-state index in [0.29, 0.717) is 0 Å². The topological polar surface area (TPSA) is 0 Å². The Labute approximate surface area is 326 Å². The zero-order valence-corrected chi connectivity index (χ0v) is 30.8. The third kappa shape index (κ3) is 5.38. The van der Waals surface area contributed by atoms with E-state index in [2.05, 4.69) is 218 Å². The molecule has 0 saturated heterocycles. The van der Waals surface area contributed by atoms with E-state index in [4.69, 9.17) is 0 Å². The van der Waals surface area contributed by atoms with Crippen LogP contribution in [0.3, 0.4) is 0 Å². The Kier molecular flexibility index (Phi) is 7.60. The van der Waals surface area contributed by atoms with E-state index in [9.17, 15) is 0 Å². The zero-order chi connectivity index (χ0) is 37.0. The largest absolute Gasteiger partial charge is 0.0622 e. The number of fused-ring (bicyclic) bond motifs is 5. The van der Waals surface area contributed by atoms with Crippen LogP contribution >= 0.6 is 0 Å². The van der Waals surface area contributed by atoms with Gasteiger partial charge in [-0.3, -0.25) is 0 Å². The second kappa shape index (κ2) is 13.2. The van der Waals surface area contributed by atoms with Gasteiger partial charge in [0.2, 0.25) is 0 Å². The fraction of sp³-hybridized carbons (Fsp3) is 0. The Morgan fingerprint density at radius 2 is 0.643 bits per heavy atom. The van der Waals surface area contributed by atoms with E-state index < -0.39 is 0 Å². The summed E-state index contributed by atoms with van der Waals surface area (Å²) in [5, 5.41) is 12.5. The average Bonchev–Trinajstić information content (AvgIpc) is 3.27. The van der Waals surface area contributed by atoms with Gasteiger partial charge in [-0.25, -0.2) is 0 Å². The summed E-state index contributed by atoms with van der Waals surface area (Å²) in [5.74, 6) is 0. The summed E-state index contributed by atoms with van der Waals surface area (Å²) >= 11 is 0. The summed E-state index contributed by atoms with van der Waals surface area (Å²) < 4.78 is 0. The Morgan fingerprint density at radius 3 is 1.29 bits per heavy atom. The lowest BCUT2D eigenvalue weighted by molar-refractivity contribution is 1.61. The molecule has 0 amide bonds. The van der Waals surface area contributed by atoms with Gasteiger partial charge in [0.05, 0.1) is 0 Å². The molecule has 0 aliphatic heterocycles. The van der Waals surface area contributed by atoms with Crippen molar-refractivity contribution >= 4 is 53.9 Å². The quantitative estimate of drug-likeness (QED) is 0.156. The lowest BCUT2D eigenvalue weighted by Crippen LogP contribution is -1.93. The van der Waals surface area contributed by atoms with Crippen molar-refractivity contribution in [2.45, 2.75) is 0 Å². The normalized spacial score (nSPS) is 11.6. The van der Waals surface area contributed by atoms with Crippen LogP contribution in [0, 0.1) is 0 Å². The number of rotatable bonds is 5. The molecule has 11 rings (SSSR count). The predicted molar refractivity (Wildman–Crippen MR) is 241 cm³/mol. The second-order valence-electron chi connectivity index (χ2n) is 14.8. The summed E-state index contributed by atoms with van der Waals surface area (Å²) in [4.78, 5) is 0. The number of benzene rings is 11. The Bertz CT molecular complexity index is 3190. The highest BCUT2D eigenvalue weighted by Gasteiger charge is 2.20. The minimum absolute atomic E-state index is 1.20. The van der Waals surface area contributed by atoms with E-state index in [1.54, 1.807) is 0 Å². The van der Waals surface area contributed by atoms with Crippen molar-refractivity contribution in [3.05, 3.63) is 218 Å². The van der Waals surface area contributed by atoms with Crippen molar-refractivity contribution in [2.24, 2.45) is 0 Å². The highest BCUT2D eigenvalue weighted by Crippen LogP contribution is 2.47. The van der Waals surface area contributed by atoms with Crippen LogP contribution < -0.4 is 0 Å². The predicted octanol–water partition coefficient (Wildman–Crippen LogP) is 15.8. The van der Waals surface area contributed by atoms with Crippen LogP contribution in [-0.4, -0.2) is 0 Å². The van der Waals surface area contributed by atoms with Crippen molar-refractivity contribution in [3.63, 3.8) is 0 Å². The van der Waals surface area contributed by atoms with Crippen LogP contribution in [0.4, 0.5) is 0 Å². The molecule has 0 spiro atoms. The molecule has 0 heteroatoms. The van der Waals surface area contributed by atoms with Crippen LogP contribution in [0.15, 0.2) is 218 Å². The molecule has 0 aliphatic carbocycles. The Hall–Kier alpha value is -7.28. The third-order valence-corrected chi connectivity index (χ3v) is 11.6. The molecule has 11 aromatic rings. The maximum absolute atomic E-state index is 2.43. The van der Waals surface area contributed by atoms with E-state index in [-0.39, 0.29) is 0 Å². The molecule has 0 nitrogen and oxygen atoms in total. The summed E-state index contributed by atoms with van der Waals surface area (Å²) in [6, 6.07) is 80.6. The smallest absolute Gasteiger partial charge is 0.00257 e. The molecule has 0 aromatic heterocycles. The molecule has 0 radical (unpaired) electrons. The van der Waals surface area contributed by atoms with Gasteiger partial charge in [-0.1, -0.05) is 188 Å². The van der Waals surface area contributed by atoms with E-state index in [1.165, 1.54) is 109 Å². The van der Waals surface area contributed by atoms with Crippen molar-refractivity contribution in [3.8, 4) is 55.6 Å². The fourth-order valence-electron chi connectivity index (χ4n) is 8.99. The van der Waals surface area contributed by atoms with Crippen LogP contribution in [-0.2, 0) is 0 Å². The maximum atomic E-state index is 2.43. The Morgan fingerprint density at radius 1 is 0.179 bits per heavy atom. The number of hydrogen-bond acceptors (Lipinski definition) is 0. The highest BCUT2D eigenvalue weighted by molar-refractivity contribution is 6.23. The maximum Gasteiger partial charge on any atom is -0.00257 e. The van der Waals surface area contributed by atoms with Crippen LogP contribution in [0.1, 0.15) is 0 Å². The molecule has 56 heavy (non-hydrogen) atoms. The van der Waals surface area contributed by atoms with Gasteiger partial charge in [-0.05, 0) is 140 Å². The molecule has 0 heterocycles. The molecule has 260 valence electrons. The first-order chi connectivity index (χ1) is 27.8. The van der Waals surface area contributed by atoms with Gasteiger partial charge in [0, 0.05) is 0 Å². The minimum atomic E-state index is 1.20. The molecule has 0 saturated carbocycles. The lowest BCUT2D eigenvalue weighted by Gasteiger charge is -2.20. The Balaban J connectivity index is 1.28. The summed E-state index contributed by atoms with van der Waals surface area (Å²) in [6.07, 6.45) is 0. The summed E-state index contributed by atoms with van der Waals surface area (Å²) in [5.41, 5.74) is 12.2. The van der Waals surface area contributed by atoms with Crippen LogP contribution in [0.2, 0.25) is 0 Å². The van der Waals surface area contributed by atoms with E-state index >= 15 is 0 Å². The summed E-state index contributed by atoms with van der Waals surface area (Å²) in [7, 11) is 0. The van der Waals surface area contributed by atoms with Gasteiger partial charge >= 0.3 is 0 Å². The lowest BCUT2D eigenvalue weighted by atomic mass is 9.83. The minimum Gasteiger partial charge on any atom is -0.0622 e. The molecule has 0 unspecified atom stereocenters. The van der Waals surface area contributed by atoms with E-state index in [0.717, 1.165) is 0 Å². The van der Waals surface area contributed by atoms with Crippen LogP contribution in [0.25, 0.3) is 109 Å². The third-order valence-electron chi connectivity index (χ3n) is 11.6. The van der Waals surface area contributed by atoms with Gasteiger partial charge in [0.1, 0.15) is 0 Å². The van der Waals surface area contributed by atoms with Crippen molar-refractivity contribution in [2.75, 3.05) is 0 Å².